The van der Waals surface area contributed by atoms with Gasteiger partial charge in [-0.05, 0) is 44.1 Å². The summed E-state index contributed by atoms with van der Waals surface area (Å²) >= 11 is 0. The van der Waals surface area contributed by atoms with Crippen LogP contribution in [0.3, 0.4) is 0 Å². The summed E-state index contributed by atoms with van der Waals surface area (Å²) in [5, 5.41) is 3.55. The predicted octanol–water partition coefficient (Wildman–Crippen LogP) is 2.51. The first-order valence-corrected chi connectivity index (χ1v) is 8.05. The SMILES string of the molecule is CCC1CN(CC2CC(C)(C)CCC2NC)CCO1. The lowest BCUT2D eigenvalue weighted by atomic mass is 9.69. The van der Waals surface area contributed by atoms with Crippen molar-refractivity contribution in [2.75, 3.05) is 33.3 Å². The van der Waals surface area contributed by atoms with Crippen LogP contribution in [0.2, 0.25) is 0 Å². The molecular weight excluding hydrogens is 236 g/mol. The Morgan fingerprint density at radius 1 is 1.37 bits per heavy atom. The van der Waals surface area contributed by atoms with Gasteiger partial charge in [0, 0.05) is 25.7 Å². The molecule has 3 atom stereocenters. The lowest BCUT2D eigenvalue weighted by Gasteiger charge is -2.44. The third-order valence-electron chi connectivity index (χ3n) is 5.06. The van der Waals surface area contributed by atoms with E-state index in [0.29, 0.717) is 17.6 Å². The fraction of sp³-hybridized carbons (Fsp3) is 1.00. The molecule has 0 spiro atoms. The minimum absolute atomic E-state index is 0.457. The fourth-order valence-corrected chi connectivity index (χ4v) is 3.83. The van der Waals surface area contributed by atoms with Gasteiger partial charge >= 0.3 is 0 Å². The van der Waals surface area contributed by atoms with Crippen LogP contribution < -0.4 is 5.32 Å². The van der Waals surface area contributed by atoms with Gasteiger partial charge in [-0.25, -0.2) is 0 Å². The molecule has 0 aromatic rings. The van der Waals surface area contributed by atoms with Crippen LogP contribution in [-0.4, -0.2) is 50.3 Å². The lowest BCUT2D eigenvalue weighted by molar-refractivity contribution is -0.0401. The van der Waals surface area contributed by atoms with Gasteiger partial charge in [0.05, 0.1) is 12.7 Å². The molecule has 1 N–H and O–H groups in total. The minimum Gasteiger partial charge on any atom is -0.376 e. The van der Waals surface area contributed by atoms with Crippen LogP contribution in [0.5, 0.6) is 0 Å². The van der Waals surface area contributed by atoms with E-state index in [1.165, 1.54) is 25.8 Å². The molecule has 19 heavy (non-hydrogen) atoms. The van der Waals surface area contributed by atoms with Gasteiger partial charge in [-0.2, -0.15) is 0 Å². The first kappa shape index (κ1) is 15.3. The van der Waals surface area contributed by atoms with Gasteiger partial charge in [0.1, 0.15) is 0 Å². The molecule has 1 saturated carbocycles. The molecule has 0 amide bonds. The molecule has 1 saturated heterocycles. The smallest absolute Gasteiger partial charge is 0.0700 e. The summed E-state index contributed by atoms with van der Waals surface area (Å²) in [6, 6.07) is 0.705. The highest BCUT2D eigenvalue weighted by Gasteiger charge is 2.35. The minimum atomic E-state index is 0.457. The molecule has 3 unspecified atom stereocenters. The first-order valence-electron chi connectivity index (χ1n) is 8.05. The molecular formula is C16H32N2O. The Kier molecular flexibility index (Phi) is 5.27. The molecule has 3 heteroatoms. The standard InChI is InChI=1S/C16H32N2O/c1-5-14-12-18(8-9-19-14)11-13-10-16(2,3)7-6-15(13)17-4/h13-15,17H,5-12H2,1-4H3. The van der Waals surface area contributed by atoms with Gasteiger partial charge in [-0.1, -0.05) is 20.8 Å². The Morgan fingerprint density at radius 2 is 2.16 bits per heavy atom. The topological polar surface area (TPSA) is 24.5 Å². The molecule has 2 aliphatic rings. The Morgan fingerprint density at radius 3 is 2.84 bits per heavy atom. The van der Waals surface area contributed by atoms with Crippen LogP contribution in [0.15, 0.2) is 0 Å². The maximum absolute atomic E-state index is 5.78. The molecule has 2 rings (SSSR count). The van der Waals surface area contributed by atoms with E-state index in [9.17, 15) is 0 Å². The zero-order chi connectivity index (χ0) is 13.9. The van der Waals surface area contributed by atoms with Gasteiger partial charge < -0.3 is 10.1 Å². The third kappa shape index (κ3) is 4.17. The first-order chi connectivity index (χ1) is 9.04. The number of nitrogens with zero attached hydrogens (tertiary/aromatic N) is 1. The molecule has 1 aliphatic heterocycles. The normalized spacial score (nSPS) is 36.3. The summed E-state index contributed by atoms with van der Waals surface area (Å²) in [7, 11) is 2.13. The van der Waals surface area contributed by atoms with E-state index >= 15 is 0 Å². The highest BCUT2D eigenvalue weighted by molar-refractivity contribution is 4.90. The summed E-state index contributed by atoms with van der Waals surface area (Å²) in [5.74, 6) is 0.796. The zero-order valence-corrected chi connectivity index (χ0v) is 13.2. The summed E-state index contributed by atoms with van der Waals surface area (Å²) in [4.78, 5) is 2.63. The van der Waals surface area contributed by atoms with Crippen molar-refractivity contribution >= 4 is 0 Å². The van der Waals surface area contributed by atoms with Crippen molar-refractivity contribution in [3.8, 4) is 0 Å². The van der Waals surface area contributed by atoms with Gasteiger partial charge in [0.15, 0.2) is 0 Å². The maximum Gasteiger partial charge on any atom is 0.0700 e. The second kappa shape index (κ2) is 6.55. The quantitative estimate of drug-likeness (QED) is 0.848. The number of hydrogen-bond donors (Lipinski definition) is 1. The Labute approximate surface area is 119 Å². The maximum atomic E-state index is 5.78. The van der Waals surface area contributed by atoms with Gasteiger partial charge in [0.2, 0.25) is 0 Å². The van der Waals surface area contributed by atoms with E-state index in [1.54, 1.807) is 0 Å². The molecule has 2 fully saturated rings. The number of morpholine rings is 1. The lowest BCUT2D eigenvalue weighted by Crippen LogP contribution is -2.50. The Bertz CT molecular complexity index is 280. The second-order valence-electron chi connectivity index (χ2n) is 7.22. The van der Waals surface area contributed by atoms with Crippen LogP contribution in [0, 0.1) is 11.3 Å². The summed E-state index contributed by atoms with van der Waals surface area (Å²) in [5.41, 5.74) is 0.522. The Balaban J connectivity index is 1.91. The molecule has 0 bridgehead atoms. The number of ether oxygens (including phenoxy) is 1. The van der Waals surface area contributed by atoms with E-state index in [0.717, 1.165) is 32.0 Å². The predicted molar refractivity (Wildman–Crippen MR) is 80.4 cm³/mol. The third-order valence-corrected chi connectivity index (χ3v) is 5.06. The van der Waals surface area contributed by atoms with Crippen molar-refractivity contribution in [3.05, 3.63) is 0 Å². The van der Waals surface area contributed by atoms with Crippen molar-refractivity contribution < 1.29 is 4.74 Å². The van der Waals surface area contributed by atoms with Crippen molar-refractivity contribution in [2.45, 2.75) is 58.6 Å². The van der Waals surface area contributed by atoms with Crippen LogP contribution >= 0.6 is 0 Å². The van der Waals surface area contributed by atoms with Crippen LogP contribution in [0.4, 0.5) is 0 Å². The second-order valence-corrected chi connectivity index (χ2v) is 7.22. The van der Waals surface area contributed by atoms with Crippen LogP contribution in [-0.2, 0) is 4.74 Å². The van der Waals surface area contributed by atoms with Gasteiger partial charge in [-0.15, -0.1) is 0 Å². The molecule has 0 radical (unpaired) electrons. The van der Waals surface area contributed by atoms with Crippen molar-refractivity contribution in [1.29, 1.82) is 0 Å². The number of rotatable bonds is 4. The average molecular weight is 268 g/mol. The number of nitrogens with one attached hydrogen (secondary N) is 1. The monoisotopic (exact) mass is 268 g/mol. The van der Waals surface area contributed by atoms with Gasteiger partial charge in [0.25, 0.3) is 0 Å². The highest BCUT2D eigenvalue weighted by atomic mass is 16.5. The van der Waals surface area contributed by atoms with E-state index in [4.69, 9.17) is 4.74 Å². The summed E-state index contributed by atoms with van der Waals surface area (Å²) in [6.45, 7) is 11.5. The fourth-order valence-electron chi connectivity index (χ4n) is 3.83. The van der Waals surface area contributed by atoms with Crippen LogP contribution in [0.25, 0.3) is 0 Å². The molecule has 0 aromatic heterocycles. The molecule has 0 aromatic carbocycles. The van der Waals surface area contributed by atoms with E-state index < -0.39 is 0 Å². The number of hydrogen-bond acceptors (Lipinski definition) is 3. The molecule has 1 aliphatic carbocycles. The molecule has 3 nitrogen and oxygen atoms in total. The largest absolute Gasteiger partial charge is 0.376 e. The summed E-state index contributed by atoms with van der Waals surface area (Å²) in [6.07, 6.45) is 5.64. The van der Waals surface area contributed by atoms with Crippen LogP contribution in [0.1, 0.15) is 46.5 Å². The van der Waals surface area contributed by atoms with E-state index in [2.05, 4.69) is 38.0 Å². The average Bonchev–Trinajstić information content (AvgIpc) is 2.38. The van der Waals surface area contributed by atoms with Crippen molar-refractivity contribution in [2.24, 2.45) is 11.3 Å². The Hall–Kier alpha value is -0.120. The highest BCUT2D eigenvalue weighted by Crippen LogP contribution is 2.39. The van der Waals surface area contributed by atoms with Crippen molar-refractivity contribution in [3.63, 3.8) is 0 Å². The summed E-state index contributed by atoms with van der Waals surface area (Å²) < 4.78 is 5.78. The molecule has 1 heterocycles. The zero-order valence-electron chi connectivity index (χ0n) is 13.2. The van der Waals surface area contributed by atoms with Gasteiger partial charge in [-0.3, -0.25) is 4.90 Å². The van der Waals surface area contributed by atoms with E-state index in [-0.39, 0.29) is 0 Å². The van der Waals surface area contributed by atoms with Crippen molar-refractivity contribution in [1.82, 2.24) is 10.2 Å². The van der Waals surface area contributed by atoms with E-state index in [1.807, 2.05) is 0 Å². The molecule has 112 valence electrons.